The van der Waals surface area contributed by atoms with Gasteiger partial charge in [-0.05, 0) is 54.3 Å². The molecule has 2 aliphatic rings. The number of fused-ring (bicyclic) bond motifs is 2. The van der Waals surface area contributed by atoms with Gasteiger partial charge < -0.3 is 15.5 Å². The first-order valence-electron chi connectivity index (χ1n) is 10.3. The maximum absolute atomic E-state index is 13.0. The number of hydrogen-bond donors (Lipinski definition) is 2. The minimum atomic E-state index is -0.416. The Morgan fingerprint density at radius 2 is 1.68 bits per heavy atom. The average molecular weight is 411 g/mol. The Kier molecular flexibility index (Phi) is 4.75. The maximum Gasteiger partial charge on any atom is 0.256 e. The molecule has 6 heteroatoms. The highest BCUT2D eigenvalue weighted by Crippen LogP contribution is 2.30. The molecule has 3 aromatic carbocycles. The van der Waals surface area contributed by atoms with Crippen molar-refractivity contribution in [3.8, 4) is 11.1 Å². The molecule has 2 heterocycles. The zero-order valence-corrected chi connectivity index (χ0v) is 16.8. The lowest BCUT2D eigenvalue weighted by atomic mass is 10.0. The van der Waals surface area contributed by atoms with Crippen molar-refractivity contribution in [3.05, 3.63) is 83.9 Å². The second kappa shape index (κ2) is 7.72. The minimum Gasteiger partial charge on any atom is -0.327 e. The number of hydrogen-bond acceptors (Lipinski definition) is 3. The van der Waals surface area contributed by atoms with Crippen molar-refractivity contribution in [2.45, 2.75) is 18.9 Å². The lowest BCUT2D eigenvalue weighted by molar-refractivity contribution is -0.119. The molecule has 31 heavy (non-hydrogen) atoms. The van der Waals surface area contributed by atoms with E-state index in [4.69, 9.17) is 0 Å². The van der Waals surface area contributed by atoms with Gasteiger partial charge in [0.2, 0.25) is 5.91 Å². The third-order valence-corrected chi connectivity index (χ3v) is 5.84. The number of amides is 3. The van der Waals surface area contributed by atoms with Crippen molar-refractivity contribution in [2.24, 2.45) is 0 Å². The van der Waals surface area contributed by atoms with E-state index in [1.807, 2.05) is 42.5 Å². The van der Waals surface area contributed by atoms with Crippen LogP contribution in [0, 0.1) is 0 Å². The predicted molar refractivity (Wildman–Crippen MR) is 119 cm³/mol. The summed E-state index contributed by atoms with van der Waals surface area (Å²) >= 11 is 0. The molecular weight excluding hydrogens is 390 g/mol. The van der Waals surface area contributed by atoms with E-state index in [9.17, 15) is 14.4 Å². The topological polar surface area (TPSA) is 78.5 Å². The van der Waals surface area contributed by atoms with Crippen LogP contribution in [-0.4, -0.2) is 35.2 Å². The second-order valence-electron chi connectivity index (χ2n) is 7.80. The summed E-state index contributed by atoms with van der Waals surface area (Å²) in [5.74, 6) is -0.595. The molecule has 0 aliphatic carbocycles. The monoisotopic (exact) mass is 411 g/mol. The Hall–Kier alpha value is -3.93. The number of nitrogens with one attached hydrogen (secondary N) is 2. The van der Waals surface area contributed by atoms with Gasteiger partial charge in [0.15, 0.2) is 0 Å². The largest absolute Gasteiger partial charge is 0.327 e. The predicted octanol–water partition coefficient (Wildman–Crippen LogP) is 4.16. The van der Waals surface area contributed by atoms with Crippen molar-refractivity contribution in [1.29, 1.82) is 0 Å². The molecule has 0 spiro atoms. The molecule has 1 saturated heterocycles. The fourth-order valence-corrected chi connectivity index (χ4v) is 4.21. The first kappa shape index (κ1) is 19.1. The van der Waals surface area contributed by atoms with Crippen molar-refractivity contribution in [2.75, 3.05) is 17.2 Å². The van der Waals surface area contributed by atoms with Crippen molar-refractivity contribution >= 4 is 29.1 Å². The van der Waals surface area contributed by atoms with E-state index in [2.05, 4.69) is 10.6 Å². The van der Waals surface area contributed by atoms with E-state index in [1.165, 1.54) is 0 Å². The average Bonchev–Trinajstić information content (AvgIpc) is 3.27. The Balaban J connectivity index is 1.36. The lowest BCUT2D eigenvalue weighted by Gasteiger charge is -2.20. The van der Waals surface area contributed by atoms with Gasteiger partial charge in [0, 0.05) is 17.8 Å². The summed E-state index contributed by atoms with van der Waals surface area (Å²) in [7, 11) is 0. The highest BCUT2D eigenvalue weighted by molar-refractivity contribution is 6.11. The van der Waals surface area contributed by atoms with E-state index >= 15 is 0 Å². The number of carbonyl (C=O) groups is 3. The molecule has 0 aromatic heterocycles. The Bertz CT molecular complexity index is 1170. The fourth-order valence-electron chi connectivity index (χ4n) is 4.21. The highest BCUT2D eigenvalue weighted by atomic mass is 16.2. The first-order chi connectivity index (χ1) is 15.1. The fraction of sp³-hybridized carbons (Fsp3) is 0.160. The summed E-state index contributed by atoms with van der Waals surface area (Å²) < 4.78 is 0. The first-order valence-corrected chi connectivity index (χ1v) is 10.3. The number of carbonyl (C=O) groups excluding carboxylic acids is 3. The standard InChI is InChI=1S/C25H21N3O3/c29-23(18-10-8-17(9-11-18)16-5-2-1-3-6-16)26-19-12-13-21-20(15-19)25(31)28-14-4-7-22(28)24(30)27-21/h1-3,5-6,8-13,15,22H,4,7,14H2,(H,26,29)(H,27,30). The molecule has 2 N–H and O–H groups in total. The van der Waals surface area contributed by atoms with Gasteiger partial charge in [0.1, 0.15) is 6.04 Å². The van der Waals surface area contributed by atoms with E-state index < -0.39 is 6.04 Å². The Morgan fingerprint density at radius 3 is 2.45 bits per heavy atom. The summed E-state index contributed by atoms with van der Waals surface area (Å²) in [6.07, 6.45) is 1.49. The summed E-state index contributed by atoms with van der Waals surface area (Å²) in [4.78, 5) is 39.7. The summed E-state index contributed by atoms with van der Waals surface area (Å²) in [6.45, 7) is 0.570. The van der Waals surface area contributed by atoms with Crippen LogP contribution in [0.4, 0.5) is 11.4 Å². The lowest BCUT2D eigenvalue weighted by Crippen LogP contribution is -2.40. The summed E-state index contributed by atoms with van der Waals surface area (Å²) in [6, 6.07) is 21.9. The molecular formula is C25H21N3O3. The third-order valence-electron chi connectivity index (χ3n) is 5.84. The normalized spacial score (nSPS) is 17.4. The number of benzene rings is 3. The quantitative estimate of drug-likeness (QED) is 0.679. The van der Waals surface area contributed by atoms with Gasteiger partial charge in [-0.3, -0.25) is 14.4 Å². The second-order valence-corrected chi connectivity index (χ2v) is 7.80. The minimum absolute atomic E-state index is 0.153. The SMILES string of the molecule is O=C(Nc1ccc2c(c1)C(=O)N1CCCC1C(=O)N2)c1ccc(-c2ccccc2)cc1. The molecule has 0 radical (unpaired) electrons. The molecule has 1 atom stereocenters. The molecule has 1 fully saturated rings. The van der Waals surface area contributed by atoms with Crippen LogP contribution < -0.4 is 10.6 Å². The van der Waals surface area contributed by atoms with Gasteiger partial charge in [0.25, 0.3) is 11.8 Å². The zero-order valence-electron chi connectivity index (χ0n) is 16.8. The van der Waals surface area contributed by atoms with Crippen LogP contribution in [0.25, 0.3) is 11.1 Å². The van der Waals surface area contributed by atoms with E-state index in [-0.39, 0.29) is 17.7 Å². The Labute approximate surface area is 179 Å². The van der Waals surface area contributed by atoms with Gasteiger partial charge in [-0.15, -0.1) is 0 Å². The molecule has 154 valence electrons. The molecule has 3 amide bonds. The van der Waals surface area contributed by atoms with Crippen LogP contribution in [0.2, 0.25) is 0 Å². The zero-order chi connectivity index (χ0) is 21.4. The molecule has 2 aliphatic heterocycles. The molecule has 6 nitrogen and oxygen atoms in total. The van der Waals surface area contributed by atoms with Crippen LogP contribution in [-0.2, 0) is 4.79 Å². The van der Waals surface area contributed by atoms with Crippen LogP contribution in [0.1, 0.15) is 33.6 Å². The van der Waals surface area contributed by atoms with Crippen LogP contribution >= 0.6 is 0 Å². The molecule has 1 unspecified atom stereocenters. The van der Waals surface area contributed by atoms with E-state index in [1.54, 1.807) is 35.2 Å². The van der Waals surface area contributed by atoms with Gasteiger partial charge >= 0.3 is 0 Å². The van der Waals surface area contributed by atoms with Crippen molar-refractivity contribution in [1.82, 2.24) is 4.90 Å². The smallest absolute Gasteiger partial charge is 0.256 e. The third kappa shape index (κ3) is 3.57. The maximum atomic E-state index is 13.0. The van der Waals surface area contributed by atoms with Gasteiger partial charge in [0.05, 0.1) is 11.3 Å². The molecule has 0 saturated carbocycles. The number of rotatable bonds is 3. The van der Waals surface area contributed by atoms with E-state index in [0.717, 1.165) is 17.5 Å². The molecule has 5 rings (SSSR count). The summed E-state index contributed by atoms with van der Waals surface area (Å²) in [5, 5.41) is 5.70. The highest BCUT2D eigenvalue weighted by Gasteiger charge is 2.38. The number of nitrogens with zero attached hydrogens (tertiary/aromatic N) is 1. The number of anilines is 2. The van der Waals surface area contributed by atoms with Crippen LogP contribution in [0.15, 0.2) is 72.8 Å². The summed E-state index contributed by atoms with van der Waals surface area (Å²) in [5.41, 5.74) is 4.03. The van der Waals surface area contributed by atoms with Crippen molar-refractivity contribution < 1.29 is 14.4 Å². The van der Waals surface area contributed by atoms with Crippen LogP contribution in [0.3, 0.4) is 0 Å². The Morgan fingerprint density at radius 1 is 0.935 bits per heavy atom. The van der Waals surface area contributed by atoms with Crippen LogP contribution in [0.5, 0.6) is 0 Å². The van der Waals surface area contributed by atoms with Gasteiger partial charge in [-0.2, -0.15) is 0 Å². The molecule has 3 aromatic rings. The molecule has 0 bridgehead atoms. The van der Waals surface area contributed by atoms with Gasteiger partial charge in [-0.25, -0.2) is 0 Å². The van der Waals surface area contributed by atoms with Crippen molar-refractivity contribution in [3.63, 3.8) is 0 Å². The van der Waals surface area contributed by atoms with E-state index in [0.29, 0.717) is 35.5 Å². The van der Waals surface area contributed by atoms with Gasteiger partial charge in [-0.1, -0.05) is 42.5 Å².